The van der Waals surface area contributed by atoms with Crippen molar-refractivity contribution in [3.8, 4) is 0 Å². The van der Waals surface area contributed by atoms with Gasteiger partial charge in [-0.05, 0) is 43.5 Å². The number of ketones is 1. The predicted molar refractivity (Wildman–Crippen MR) is 104 cm³/mol. The van der Waals surface area contributed by atoms with Crippen LogP contribution in [0.1, 0.15) is 45.6 Å². The number of hydrazine groups is 1. The van der Waals surface area contributed by atoms with Crippen molar-refractivity contribution >= 4 is 40.0 Å². The van der Waals surface area contributed by atoms with Crippen molar-refractivity contribution in [3.05, 3.63) is 52.0 Å². The van der Waals surface area contributed by atoms with Crippen molar-refractivity contribution in [2.75, 3.05) is 0 Å². The van der Waals surface area contributed by atoms with Crippen LogP contribution in [-0.4, -0.2) is 27.1 Å². The van der Waals surface area contributed by atoms with Gasteiger partial charge < -0.3 is 4.57 Å². The summed E-state index contributed by atoms with van der Waals surface area (Å²) in [6, 6.07) is 8.74. The maximum atomic E-state index is 12.3. The summed E-state index contributed by atoms with van der Waals surface area (Å²) in [5.74, 6) is -0.0495. The van der Waals surface area contributed by atoms with E-state index in [1.165, 1.54) is 11.3 Å². The van der Waals surface area contributed by atoms with E-state index in [0.29, 0.717) is 10.4 Å². The van der Waals surface area contributed by atoms with Gasteiger partial charge in [0.25, 0.3) is 5.91 Å². The van der Waals surface area contributed by atoms with E-state index in [1.54, 1.807) is 24.3 Å². The first kappa shape index (κ1) is 18.8. The Morgan fingerprint density at radius 2 is 1.96 bits per heavy atom. The fraction of sp³-hybridized carbons (Fsp3) is 0.263. The zero-order valence-corrected chi connectivity index (χ0v) is 15.9. The second-order valence-electron chi connectivity index (χ2n) is 6.01. The molecular weight excluding hydrogens is 364 g/mol. The molecule has 0 fully saturated rings. The van der Waals surface area contributed by atoms with Gasteiger partial charge in [0.05, 0.1) is 15.9 Å². The molecular formula is C19H20N4O3S. The fourth-order valence-corrected chi connectivity index (χ4v) is 3.53. The Bertz CT molecular complexity index is 992. The Labute approximate surface area is 160 Å². The summed E-state index contributed by atoms with van der Waals surface area (Å²) in [4.78, 5) is 41.1. The molecule has 140 valence electrons. The zero-order chi connectivity index (χ0) is 19.4. The monoisotopic (exact) mass is 384 g/mol. The summed E-state index contributed by atoms with van der Waals surface area (Å²) in [5.41, 5.74) is 6.81. The summed E-state index contributed by atoms with van der Waals surface area (Å²) >= 11 is 1.34. The van der Waals surface area contributed by atoms with E-state index in [4.69, 9.17) is 0 Å². The van der Waals surface area contributed by atoms with Crippen molar-refractivity contribution in [2.24, 2.45) is 0 Å². The molecule has 3 rings (SSSR count). The number of fused-ring (bicyclic) bond motifs is 1. The van der Waals surface area contributed by atoms with Crippen LogP contribution in [0.15, 0.2) is 35.7 Å². The third-order valence-electron chi connectivity index (χ3n) is 4.21. The number of aryl methyl sites for hydroxylation is 2. The number of amides is 2. The smallest absolute Gasteiger partial charge is 0.269 e. The summed E-state index contributed by atoms with van der Waals surface area (Å²) in [6.07, 6.45) is 0.109. The summed E-state index contributed by atoms with van der Waals surface area (Å²) in [6.45, 7) is 4.75. The molecule has 2 N–H and O–H groups in total. The van der Waals surface area contributed by atoms with Crippen molar-refractivity contribution in [1.82, 2.24) is 20.4 Å². The van der Waals surface area contributed by atoms with Crippen LogP contribution in [0.5, 0.6) is 0 Å². The number of nitrogens with zero attached hydrogens (tertiary/aromatic N) is 2. The van der Waals surface area contributed by atoms with Gasteiger partial charge in [0.15, 0.2) is 5.78 Å². The zero-order valence-electron chi connectivity index (χ0n) is 15.1. The van der Waals surface area contributed by atoms with Crippen molar-refractivity contribution in [1.29, 1.82) is 0 Å². The summed E-state index contributed by atoms with van der Waals surface area (Å²) in [5, 5.41) is 1.81. The van der Waals surface area contributed by atoms with Crippen LogP contribution in [-0.2, 0) is 11.3 Å². The molecule has 8 heteroatoms. The molecule has 0 aliphatic carbocycles. The van der Waals surface area contributed by atoms with Gasteiger partial charge >= 0.3 is 0 Å². The molecule has 0 spiro atoms. The van der Waals surface area contributed by atoms with Crippen LogP contribution in [0.2, 0.25) is 0 Å². The van der Waals surface area contributed by atoms with Gasteiger partial charge in [0.1, 0.15) is 5.82 Å². The van der Waals surface area contributed by atoms with E-state index in [-0.39, 0.29) is 18.6 Å². The second kappa shape index (κ2) is 8.13. The van der Waals surface area contributed by atoms with E-state index < -0.39 is 11.8 Å². The minimum atomic E-state index is -0.432. The first-order valence-electron chi connectivity index (χ1n) is 8.62. The first-order chi connectivity index (χ1) is 13.0. The fourth-order valence-electron chi connectivity index (χ4n) is 2.84. The van der Waals surface area contributed by atoms with Crippen LogP contribution in [0, 0.1) is 6.92 Å². The number of carbonyl (C=O) groups excluding carboxylic acids is 3. The van der Waals surface area contributed by atoms with Crippen LogP contribution in [0.4, 0.5) is 0 Å². The van der Waals surface area contributed by atoms with Crippen molar-refractivity contribution < 1.29 is 14.4 Å². The Morgan fingerprint density at radius 1 is 1.15 bits per heavy atom. The Kier molecular flexibility index (Phi) is 5.66. The first-order valence-corrected chi connectivity index (χ1v) is 9.50. The van der Waals surface area contributed by atoms with Gasteiger partial charge in [-0.15, -0.1) is 11.3 Å². The maximum absolute atomic E-state index is 12.3. The van der Waals surface area contributed by atoms with Gasteiger partial charge in [0.2, 0.25) is 5.91 Å². The Hall–Kier alpha value is -3.00. The molecule has 0 saturated carbocycles. The van der Waals surface area contributed by atoms with Gasteiger partial charge in [-0.2, -0.15) is 0 Å². The molecule has 2 amide bonds. The van der Waals surface area contributed by atoms with Crippen LogP contribution < -0.4 is 10.9 Å². The number of aromatic nitrogens is 2. The van der Waals surface area contributed by atoms with Crippen LogP contribution >= 0.6 is 11.3 Å². The van der Waals surface area contributed by atoms with Gasteiger partial charge in [-0.3, -0.25) is 25.2 Å². The van der Waals surface area contributed by atoms with E-state index in [2.05, 4.69) is 20.4 Å². The van der Waals surface area contributed by atoms with Gasteiger partial charge in [-0.25, -0.2) is 4.98 Å². The van der Waals surface area contributed by atoms with Crippen LogP contribution in [0.25, 0.3) is 11.0 Å². The molecule has 0 unspecified atom stereocenters. The van der Waals surface area contributed by atoms with Gasteiger partial charge in [0, 0.05) is 24.9 Å². The minimum Gasteiger partial charge on any atom is -0.329 e. The topological polar surface area (TPSA) is 93.1 Å². The number of carbonyl (C=O) groups is 3. The number of benzene rings is 1. The standard InChI is InChI=1S/C19H20N4O3S/c1-3-23-12(2)20-14-11-13(6-7-15(14)23)19(26)22-21-18(25)9-8-16(24)17-5-4-10-27-17/h4-7,10-11H,3,8-9H2,1-2H3,(H,21,25)(H,22,26). The molecule has 1 aromatic carbocycles. The quantitative estimate of drug-likeness (QED) is 0.505. The average Bonchev–Trinajstić information content (AvgIpc) is 3.30. The number of imidazole rings is 1. The molecule has 2 aromatic heterocycles. The molecule has 7 nitrogen and oxygen atoms in total. The molecule has 27 heavy (non-hydrogen) atoms. The lowest BCUT2D eigenvalue weighted by atomic mass is 10.2. The third kappa shape index (κ3) is 4.22. The number of hydrogen-bond acceptors (Lipinski definition) is 5. The third-order valence-corrected chi connectivity index (χ3v) is 5.12. The van der Waals surface area contributed by atoms with E-state index >= 15 is 0 Å². The summed E-state index contributed by atoms with van der Waals surface area (Å²) < 4.78 is 2.06. The Morgan fingerprint density at radius 3 is 2.67 bits per heavy atom. The van der Waals surface area contributed by atoms with Crippen LogP contribution in [0.3, 0.4) is 0 Å². The average molecular weight is 384 g/mol. The molecule has 2 heterocycles. The largest absolute Gasteiger partial charge is 0.329 e. The maximum Gasteiger partial charge on any atom is 0.269 e. The molecule has 0 saturated heterocycles. The highest BCUT2D eigenvalue weighted by Gasteiger charge is 2.13. The molecule has 0 radical (unpaired) electrons. The number of hydrogen-bond donors (Lipinski definition) is 2. The molecule has 0 aliphatic heterocycles. The van der Waals surface area contributed by atoms with E-state index in [9.17, 15) is 14.4 Å². The van der Waals surface area contributed by atoms with Crippen molar-refractivity contribution in [2.45, 2.75) is 33.2 Å². The normalized spacial score (nSPS) is 10.7. The minimum absolute atomic E-state index is 0.0101. The lowest BCUT2D eigenvalue weighted by molar-refractivity contribution is -0.121. The molecule has 0 bridgehead atoms. The highest BCUT2D eigenvalue weighted by Crippen LogP contribution is 2.17. The predicted octanol–water partition coefficient (Wildman–Crippen LogP) is 2.85. The lowest BCUT2D eigenvalue weighted by Crippen LogP contribution is -2.41. The Balaban J connectivity index is 1.55. The summed E-state index contributed by atoms with van der Waals surface area (Å²) in [7, 11) is 0. The highest BCUT2D eigenvalue weighted by atomic mass is 32.1. The molecule has 3 aromatic rings. The number of Topliss-reactive ketones (excluding diaryl/α,β-unsaturated/α-hetero) is 1. The molecule has 0 atom stereocenters. The van der Waals surface area contributed by atoms with E-state index in [0.717, 1.165) is 23.4 Å². The number of thiophene rings is 1. The number of nitrogens with one attached hydrogen (secondary N) is 2. The molecule has 0 aliphatic rings. The van der Waals surface area contributed by atoms with Gasteiger partial charge in [-0.1, -0.05) is 6.07 Å². The SMILES string of the molecule is CCn1c(C)nc2cc(C(=O)NNC(=O)CCC(=O)c3cccs3)ccc21. The highest BCUT2D eigenvalue weighted by molar-refractivity contribution is 7.12. The number of rotatable bonds is 6. The van der Waals surface area contributed by atoms with Crippen molar-refractivity contribution in [3.63, 3.8) is 0 Å². The lowest BCUT2D eigenvalue weighted by Gasteiger charge is -2.07. The second-order valence-corrected chi connectivity index (χ2v) is 6.96. The van der Waals surface area contributed by atoms with E-state index in [1.807, 2.05) is 25.3 Å².